The maximum atomic E-state index is 3.99. The Morgan fingerprint density at radius 1 is 0.941 bits per heavy atom. The third-order valence-electron chi connectivity index (χ3n) is 2.29. The highest BCUT2D eigenvalue weighted by Gasteiger charge is 1.93. The molecule has 17 heavy (non-hydrogen) atoms. The Morgan fingerprint density at radius 3 is 1.71 bits per heavy atom. The molecule has 0 saturated carbocycles. The topological polar surface area (TPSA) is 4.93 Å². The molecule has 0 bridgehead atoms. The standard InChI is InChI=1S/C12H15N.2C2H6/c1-6-8-12-10(4)13(5)9(3)11(12)7-2;2*1-2/h6-8H,1,3-4H2,2,5H3;2*1-2H3/b11-7-,12-8-;;. The number of nitrogens with zero attached hydrogens (tertiary/aromatic N) is 1. The molecule has 96 valence electrons. The van der Waals surface area contributed by atoms with Gasteiger partial charge in [-0.25, -0.2) is 0 Å². The number of hydrogen-bond donors (Lipinski definition) is 0. The van der Waals surface area contributed by atoms with E-state index in [0.29, 0.717) is 0 Å². The monoisotopic (exact) mass is 233 g/mol. The van der Waals surface area contributed by atoms with Crippen molar-refractivity contribution < 1.29 is 0 Å². The summed E-state index contributed by atoms with van der Waals surface area (Å²) in [7, 11) is 1.97. The van der Waals surface area contributed by atoms with Crippen LogP contribution >= 0.6 is 0 Å². The van der Waals surface area contributed by atoms with E-state index < -0.39 is 0 Å². The minimum Gasteiger partial charge on any atom is -0.345 e. The van der Waals surface area contributed by atoms with Crippen molar-refractivity contribution in [1.29, 1.82) is 0 Å². The van der Waals surface area contributed by atoms with E-state index in [1.54, 1.807) is 6.08 Å². The van der Waals surface area contributed by atoms with E-state index in [0.717, 1.165) is 21.1 Å². The van der Waals surface area contributed by atoms with Crippen LogP contribution in [-0.2, 0) is 7.05 Å². The van der Waals surface area contributed by atoms with Gasteiger partial charge in [-0.05, 0) is 6.92 Å². The normalized spacial score (nSPS) is 11.2. The van der Waals surface area contributed by atoms with Crippen molar-refractivity contribution in [2.24, 2.45) is 7.05 Å². The molecule has 0 aliphatic rings. The third kappa shape index (κ3) is 4.10. The zero-order valence-corrected chi connectivity index (χ0v) is 12.3. The van der Waals surface area contributed by atoms with Crippen LogP contribution in [0.25, 0.3) is 25.3 Å². The summed E-state index contributed by atoms with van der Waals surface area (Å²) in [5.74, 6) is 0. The zero-order valence-electron chi connectivity index (χ0n) is 12.3. The predicted molar refractivity (Wildman–Crippen MR) is 82.5 cm³/mol. The van der Waals surface area contributed by atoms with Gasteiger partial charge < -0.3 is 4.57 Å². The van der Waals surface area contributed by atoms with Crippen molar-refractivity contribution in [1.82, 2.24) is 4.57 Å². The van der Waals surface area contributed by atoms with Gasteiger partial charge >= 0.3 is 0 Å². The Morgan fingerprint density at radius 2 is 1.35 bits per heavy atom. The van der Waals surface area contributed by atoms with Gasteiger partial charge in [0.15, 0.2) is 0 Å². The first kappa shape index (κ1) is 17.9. The molecule has 1 aromatic heterocycles. The molecule has 1 heterocycles. The van der Waals surface area contributed by atoms with E-state index in [2.05, 4.69) is 19.7 Å². The second-order valence-corrected chi connectivity index (χ2v) is 2.97. The molecule has 1 rings (SSSR count). The van der Waals surface area contributed by atoms with Gasteiger partial charge in [0.2, 0.25) is 0 Å². The highest BCUT2D eigenvalue weighted by Crippen LogP contribution is 1.61. The van der Waals surface area contributed by atoms with Crippen molar-refractivity contribution in [3.8, 4) is 0 Å². The molecule has 0 spiro atoms. The Kier molecular flexibility index (Phi) is 10.2. The van der Waals surface area contributed by atoms with Crippen molar-refractivity contribution in [2.75, 3.05) is 0 Å². The van der Waals surface area contributed by atoms with Crippen LogP contribution in [-0.4, -0.2) is 4.57 Å². The summed E-state index contributed by atoms with van der Waals surface area (Å²) in [6.07, 6.45) is 5.79. The number of allylic oxidation sites excluding steroid dienone is 1. The Bertz CT molecular complexity index is 530. The molecular formula is C16H27N. The first-order chi connectivity index (χ1) is 8.13. The summed E-state index contributed by atoms with van der Waals surface area (Å²) < 4.78 is 1.99. The maximum absolute atomic E-state index is 3.99. The quantitative estimate of drug-likeness (QED) is 0.695. The first-order valence-corrected chi connectivity index (χ1v) is 6.25. The molecule has 0 atom stereocenters. The Balaban J connectivity index is 0. The molecule has 0 aliphatic carbocycles. The van der Waals surface area contributed by atoms with E-state index in [1.165, 1.54) is 0 Å². The molecular weight excluding hydrogens is 206 g/mol. The summed E-state index contributed by atoms with van der Waals surface area (Å²) >= 11 is 0. The molecule has 0 aromatic carbocycles. The average Bonchev–Trinajstić information content (AvgIpc) is 2.59. The smallest absolute Gasteiger partial charge is 0.0415 e. The molecule has 0 fully saturated rings. The van der Waals surface area contributed by atoms with Crippen molar-refractivity contribution in [3.05, 3.63) is 33.8 Å². The molecule has 0 N–H and O–H groups in total. The van der Waals surface area contributed by atoms with E-state index in [4.69, 9.17) is 0 Å². The highest BCUT2D eigenvalue weighted by molar-refractivity contribution is 5.39. The molecule has 0 saturated heterocycles. The van der Waals surface area contributed by atoms with Crippen LogP contribution < -0.4 is 21.1 Å². The van der Waals surface area contributed by atoms with Crippen LogP contribution in [0.4, 0.5) is 0 Å². The SMILES string of the molecule is C=C/C=c1/c(=C)n(C)c(=C)/c1=C/C.CC.CC. The van der Waals surface area contributed by atoms with Gasteiger partial charge in [-0.3, -0.25) is 0 Å². The van der Waals surface area contributed by atoms with Crippen LogP contribution in [0.2, 0.25) is 0 Å². The van der Waals surface area contributed by atoms with Gasteiger partial charge in [0.1, 0.15) is 0 Å². The van der Waals surface area contributed by atoms with E-state index in [-0.39, 0.29) is 0 Å². The fraction of sp³-hybridized carbons (Fsp3) is 0.375. The van der Waals surface area contributed by atoms with Crippen LogP contribution in [0.3, 0.4) is 0 Å². The van der Waals surface area contributed by atoms with E-state index in [1.807, 2.05) is 58.4 Å². The fourth-order valence-corrected chi connectivity index (χ4v) is 1.46. The third-order valence-corrected chi connectivity index (χ3v) is 2.29. The fourth-order valence-electron chi connectivity index (χ4n) is 1.46. The van der Waals surface area contributed by atoms with Crippen LogP contribution in [0.15, 0.2) is 12.7 Å². The second-order valence-electron chi connectivity index (χ2n) is 2.97. The minimum absolute atomic E-state index is 0.984. The highest BCUT2D eigenvalue weighted by atomic mass is 14.9. The molecule has 0 aliphatic heterocycles. The van der Waals surface area contributed by atoms with Gasteiger partial charge in [0, 0.05) is 28.2 Å². The molecule has 1 aromatic rings. The van der Waals surface area contributed by atoms with Gasteiger partial charge in [-0.1, -0.05) is 65.7 Å². The minimum atomic E-state index is 0.984. The average molecular weight is 233 g/mol. The molecule has 1 nitrogen and oxygen atoms in total. The second kappa shape index (κ2) is 9.71. The first-order valence-electron chi connectivity index (χ1n) is 6.25. The van der Waals surface area contributed by atoms with Crippen LogP contribution in [0.5, 0.6) is 0 Å². The summed E-state index contributed by atoms with van der Waals surface area (Å²) in [4.78, 5) is 0. The summed E-state index contributed by atoms with van der Waals surface area (Å²) in [6.45, 7) is 21.7. The van der Waals surface area contributed by atoms with Crippen molar-refractivity contribution in [3.63, 3.8) is 0 Å². The zero-order chi connectivity index (χ0) is 14.0. The molecule has 1 heteroatoms. The summed E-state index contributed by atoms with van der Waals surface area (Å²) in [5.41, 5.74) is 0. The van der Waals surface area contributed by atoms with Gasteiger partial charge in [0.25, 0.3) is 0 Å². The molecule has 0 unspecified atom stereocenters. The summed E-state index contributed by atoms with van der Waals surface area (Å²) in [5, 5.41) is 4.25. The van der Waals surface area contributed by atoms with Gasteiger partial charge in [-0.2, -0.15) is 0 Å². The van der Waals surface area contributed by atoms with Gasteiger partial charge in [0.05, 0.1) is 0 Å². The van der Waals surface area contributed by atoms with Crippen LogP contribution in [0, 0.1) is 0 Å². The van der Waals surface area contributed by atoms with E-state index in [9.17, 15) is 0 Å². The maximum Gasteiger partial charge on any atom is 0.0415 e. The van der Waals surface area contributed by atoms with Crippen molar-refractivity contribution >= 4 is 25.3 Å². The number of rotatable bonds is 1. The number of aromatic nitrogens is 1. The summed E-state index contributed by atoms with van der Waals surface area (Å²) in [6, 6.07) is 0. The lowest BCUT2D eigenvalue weighted by Gasteiger charge is -1.87. The molecule has 0 radical (unpaired) electrons. The van der Waals surface area contributed by atoms with Gasteiger partial charge in [-0.15, -0.1) is 0 Å². The Labute approximate surface area is 106 Å². The lowest BCUT2D eigenvalue weighted by Crippen LogP contribution is -2.36. The predicted octanol–water partition coefficient (Wildman–Crippen LogP) is 1.66. The van der Waals surface area contributed by atoms with Crippen molar-refractivity contribution in [2.45, 2.75) is 34.6 Å². The van der Waals surface area contributed by atoms with E-state index >= 15 is 0 Å². The lowest BCUT2D eigenvalue weighted by atomic mass is 10.3. The largest absolute Gasteiger partial charge is 0.345 e. The van der Waals surface area contributed by atoms with Crippen LogP contribution in [0.1, 0.15) is 34.6 Å². The Hall–Kier alpha value is -1.50. The molecule has 0 amide bonds. The lowest BCUT2D eigenvalue weighted by molar-refractivity contribution is 0.859. The number of hydrogen-bond acceptors (Lipinski definition) is 0.